The topological polar surface area (TPSA) is 39.2 Å². The van der Waals surface area contributed by atoms with Gasteiger partial charge < -0.3 is 10.2 Å². The zero-order chi connectivity index (χ0) is 10.1. The van der Waals surface area contributed by atoms with Crippen molar-refractivity contribution in [2.45, 2.75) is 19.9 Å². The molecule has 0 radical (unpaired) electrons. The number of aryl methyl sites for hydroxylation is 1. The van der Waals surface area contributed by atoms with Gasteiger partial charge in [0.15, 0.2) is 0 Å². The minimum Gasteiger partial charge on any atom is -0.459 e. The Morgan fingerprint density at radius 2 is 2.21 bits per heavy atom. The molecule has 2 rings (SSSR count). The number of fused-ring (bicyclic) bond motifs is 1. The van der Waals surface area contributed by atoms with E-state index in [9.17, 15) is 0 Å². The summed E-state index contributed by atoms with van der Waals surface area (Å²) in [6, 6.07) is 5.64. The summed E-state index contributed by atoms with van der Waals surface area (Å²) in [5, 5.41) is 1.82. The third-order valence-electron chi connectivity index (χ3n) is 2.38. The van der Waals surface area contributed by atoms with Crippen molar-refractivity contribution in [1.29, 1.82) is 0 Å². The average Bonchev–Trinajstić information content (AvgIpc) is 2.54. The van der Waals surface area contributed by atoms with Gasteiger partial charge in [0.1, 0.15) is 11.3 Å². The summed E-state index contributed by atoms with van der Waals surface area (Å²) in [6.07, 6.45) is 0.917. The molecule has 0 aliphatic carbocycles. The predicted molar refractivity (Wildman–Crippen MR) is 58.5 cm³/mol. The summed E-state index contributed by atoms with van der Waals surface area (Å²) < 4.78 is 5.61. The van der Waals surface area contributed by atoms with Crippen molar-refractivity contribution in [3.8, 4) is 0 Å². The Kier molecular flexibility index (Phi) is 2.48. The summed E-state index contributed by atoms with van der Waals surface area (Å²) in [5.41, 5.74) is 7.64. The molecule has 0 spiro atoms. The van der Waals surface area contributed by atoms with Gasteiger partial charge in [0.25, 0.3) is 0 Å². The zero-order valence-corrected chi connectivity index (χ0v) is 8.77. The molecule has 2 nitrogen and oxygen atoms in total. The van der Waals surface area contributed by atoms with E-state index in [0.29, 0.717) is 6.54 Å². The van der Waals surface area contributed by atoms with Crippen LogP contribution in [-0.2, 0) is 13.0 Å². The molecule has 0 unspecified atom stereocenters. The van der Waals surface area contributed by atoms with Gasteiger partial charge in [-0.1, -0.05) is 18.5 Å². The van der Waals surface area contributed by atoms with Crippen LogP contribution in [0.2, 0.25) is 5.02 Å². The Balaban J connectivity index is 2.74. The smallest absolute Gasteiger partial charge is 0.134 e. The second-order valence-electron chi connectivity index (χ2n) is 3.20. The van der Waals surface area contributed by atoms with Crippen molar-refractivity contribution in [3.63, 3.8) is 0 Å². The normalized spacial score (nSPS) is 11.1. The van der Waals surface area contributed by atoms with Crippen molar-refractivity contribution in [2.24, 2.45) is 5.73 Å². The van der Waals surface area contributed by atoms with Gasteiger partial charge in [-0.05, 0) is 24.6 Å². The Bertz CT molecular complexity index is 462. The summed E-state index contributed by atoms with van der Waals surface area (Å²) in [4.78, 5) is 0. The first-order valence-corrected chi connectivity index (χ1v) is 5.04. The molecule has 0 aliphatic rings. The number of benzene rings is 1. The molecule has 14 heavy (non-hydrogen) atoms. The first-order valence-electron chi connectivity index (χ1n) is 4.66. The fourth-order valence-electron chi connectivity index (χ4n) is 1.72. The molecular formula is C11H12ClNO. The monoisotopic (exact) mass is 209 g/mol. The van der Waals surface area contributed by atoms with Gasteiger partial charge in [0.05, 0.1) is 6.54 Å². The highest BCUT2D eigenvalue weighted by molar-refractivity contribution is 6.31. The third kappa shape index (κ3) is 1.41. The number of hydrogen-bond donors (Lipinski definition) is 1. The van der Waals surface area contributed by atoms with Gasteiger partial charge in [-0.2, -0.15) is 0 Å². The number of furan rings is 1. The standard InChI is InChI=1S/C11H12ClNO/c1-2-8-9-5-7(12)3-4-10(9)14-11(8)6-13/h3-5H,2,6,13H2,1H3. The molecule has 3 heteroatoms. The predicted octanol–water partition coefficient (Wildman–Crippen LogP) is 3.11. The molecule has 1 heterocycles. The summed E-state index contributed by atoms with van der Waals surface area (Å²) in [7, 11) is 0. The molecule has 0 saturated carbocycles. The van der Waals surface area contributed by atoms with E-state index in [2.05, 4.69) is 6.92 Å². The molecule has 0 amide bonds. The summed E-state index contributed by atoms with van der Waals surface area (Å²) >= 11 is 5.93. The molecule has 1 aromatic heterocycles. The zero-order valence-electron chi connectivity index (χ0n) is 8.01. The number of halogens is 1. The highest BCUT2D eigenvalue weighted by atomic mass is 35.5. The van der Waals surface area contributed by atoms with Crippen LogP contribution in [0.4, 0.5) is 0 Å². The molecule has 0 aliphatic heterocycles. The third-order valence-corrected chi connectivity index (χ3v) is 2.61. The van der Waals surface area contributed by atoms with Crippen molar-refractivity contribution >= 4 is 22.6 Å². The molecule has 74 valence electrons. The summed E-state index contributed by atoms with van der Waals surface area (Å²) in [5.74, 6) is 0.866. The Labute approximate surface area is 87.6 Å². The van der Waals surface area contributed by atoms with Crippen LogP contribution in [0.25, 0.3) is 11.0 Å². The SMILES string of the molecule is CCc1c(CN)oc2ccc(Cl)cc12. The van der Waals surface area contributed by atoms with Crippen molar-refractivity contribution in [1.82, 2.24) is 0 Å². The van der Waals surface area contributed by atoms with Crippen LogP contribution in [-0.4, -0.2) is 0 Å². The molecule has 2 aromatic rings. The van der Waals surface area contributed by atoms with Crippen molar-refractivity contribution in [3.05, 3.63) is 34.5 Å². The lowest BCUT2D eigenvalue weighted by Crippen LogP contribution is -1.97. The second kappa shape index (κ2) is 3.64. The Morgan fingerprint density at radius 3 is 2.86 bits per heavy atom. The first kappa shape index (κ1) is 9.56. The van der Waals surface area contributed by atoms with Gasteiger partial charge in [-0.25, -0.2) is 0 Å². The van der Waals surface area contributed by atoms with Crippen LogP contribution in [0.1, 0.15) is 18.2 Å². The fourth-order valence-corrected chi connectivity index (χ4v) is 1.90. The molecule has 1 aromatic carbocycles. The summed E-state index contributed by atoms with van der Waals surface area (Å²) in [6.45, 7) is 2.53. The maximum Gasteiger partial charge on any atom is 0.134 e. The van der Waals surface area contributed by atoms with E-state index >= 15 is 0 Å². The fraction of sp³-hybridized carbons (Fsp3) is 0.273. The lowest BCUT2D eigenvalue weighted by Gasteiger charge is -1.95. The minimum atomic E-state index is 0.440. The highest BCUT2D eigenvalue weighted by Gasteiger charge is 2.11. The maximum absolute atomic E-state index is 5.93. The molecule has 0 fully saturated rings. The largest absolute Gasteiger partial charge is 0.459 e. The van der Waals surface area contributed by atoms with Crippen LogP contribution < -0.4 is 5.73 Å². The van der Waals surface area contributed by atoms with Gasteiger partial charge in [-0.15, -0.1) is 0 Å². The molecule has 0 bridgehead atoms. The minimum absolute atomic E-state index is 0.440. The molecule has 2 N–H and O–H groups in total. The van der Waals surface area contributed by atoms with E-state index in [1.165, 1.54) is 5.56 Å². The average molecular weight is 210 g/mol. The maximum atomic E-state index is 5.93. The van der Waals surface area contributed by atoms with Gasteiger partial charge in [0, 0.05) is 16.0 Å². The van der Waals surface area contributed by atoms with Crippen LogP contribution in [0.5, 0.6) is 0 Å². The van der Waals surface area contributed by atoms with Crippen molar-refractivity contribution < 1.29 is 4.42 Å². The van der Waals surface area contributed by atoms with E-state index in [1.54, 1.807) is 0 Å². The Morgan fingerprint density at radius 1 is 1.43 bits per heavy atom. The van der Waals surface area contributed by atoms with Crippen LogP contribution in [0.3, 0.4) is 0 Å². The quantitative estimate of drug-likeness (QED) is 0.826. The van der Waals surface area contributed by atoms with E-state index < -0.39 is 0 Å². The second-order valence-corrected chi connectivity index (χ2v) is 3.64. The number of rotatable bonds is 2. The lowest BCUT2D eigenvalue weighted by molar-refractivity contribution is 0.546. The molecule has 0 saturated heterocycles. The van der Waals surface area contributed by atoms with Gasteiger partial charge in [0.2, 0.25) is 0 Å². The van der Waals surface area contributed by atoms with Crippen LogP contribution >= 0.6 is 11.6 Å². The van der Waals surface area contributed by atoms with E-state index in [1.807, 2.05) is 18.2 Å². The number of nitrogens with two attached hydrogens (primary N) is 1. The first-order chi connectivity index (χ1) is 6.76. The van der Waals surface area contributed by atoms with E-state index in [0.717, 1.165) is 28.2 Å². The number of hydrogen-bond acceptors (Lipinski definition) is 2. The molecular weight excluding hydrogens is 198 g/mol. The van der Waals surface area contributed by atoms with Crippen LogP contribution in [0.15, 0.2) is 22.6 Å². The van der Waals surface area contributed by atoms with E-state index in [4.69, 9.17) is 21.8 Å². The van der Waals surface area contributed by atoms with Crippen LogP contribution in [0, 0.1) is 0 Å². The molecule has 0 atom stereocenters. The van der Waals surface area contributed by atoms with Crippen molar-refractivity contribution in [2.75, 3.05) is 0 Å². The highest BCUT2D eigenvalue weighted by Crippen LogP contribution is 2.28. The van der Waals surface area contributed by atoms with Gasteiger partial charge in [-0.3, -0.25) is 0 Å². The van der Waals surface area contributed by atoms with E-state index in [-0.39, 0.29) is 0 Å². The Hall–Kier alpha value is -0.990. The lowest BCUT2D eigenvalue weighted by atomic mass is 10.1. The van der Waals surface area contributed by atoms with Gasteiger partial charge >= 0.3 is 0 Å².